The maximum absolute atomic E-state index is 11.9. The highest BCUT2D eigenvalue weighted by molar-refractivity contribution is 7.90. The molecule has 0 radical (unpaired) electrons. The van der Waals surface area contributed by atoms with Crippen molar-refractivity contribution in [3.8, 4) is 0 Å². The fourth-order valence-electron chi connectivity index (χ4n) is 2.08. The van der Waals surface area contributed by atoms with Gasteiger partial charge in [0, 0.05) is 12.8 Å². The Morgan fingerprint density at radius 2 is 2.11 bits per heavy atom. The SMILES string of the molecule is CCn1nc(C)c2c1NC(CCS(C)(=O)=O)C(=O)N2. The molecule has 0 spiro atoms. The van der Waals surface area contributed by atoms with Crippen LogP contribution in [0.15, 0.2) is 0 Å². The number of rotatable bonds is 4. The van der Waals surface area contributed by atoms with E-state index in [4.69, 9.17) is 0 Å². The average molecular weight is 286 g/mol. The van der Waals surface area contributed by atoms with Crippen LogP contribution in [0.3, 0.4) is 0 Å². The van der Waals surface area contributed by atoms with Crippen LogP contribution < -0.4 is 10.6 Å². The second-order valence-electron chi connectivity index (χ2n) is 4.73. The summed E-state index contributed by atoms with van der Waals surface area (Å²) in [7, 11) is -3.08. The van der Waals surface area contributed by atoms with Gasteiger partial charge in [-0.15, -0.1) is 0 Å². The first-order chi connectivity index (χ1) is 8.81. The average Bonchev–Trinajstić information content (AvgIpc) is 2.62. The van der Waals surface area contributed by atoms with E-state index in [1.165, 1.54) is 6.26 Å². The topological polar surface area (TPSA) is 93.1 Å². The Bertz CT molecular complexity index is 606. The molecular formula is C11H18N4O3S. The lowest BCUT2D eigenvalue weighted by atomic mass is 10.1. The Kier molecular flexibility index (Phi) is 3.53. The summed E-state index contributed by atoms with van der Waals surface area (Å²) in [6.45, 7) is 4.46. The molecule has 1 amide bonds. The van der Waals surface area contributed by atoms with E-state index in [1.807, 2.05) is 13.8 Å². The standard InChI is InChI=1S/C11H18N4O3S/c1-4-15-10-9(7(2)14-15)13-11(16)8(12-10)5-6-19(3,17)18/h8,12H,4-6H2,1-3H3,(H,13,16). The molecule has 1 aliphatic rings. The van der Waals surface area contributed by atoms with Gasteiger partial charge in [0.1, 0.15) is 27.4 Å². The molecule has 19 heavy (non-hydrogen) atoms. The monoisotopic (exact) mass is 286 g/mol. The normalized spacial score (nSPS) is 18.7. The van der Waals surface area contributed by atoms with Crippen molar-refractivity contribution >= 4 is 27.2 Å². The number of nitrogens with one attached hydrogen (secondary N) is 2. The van der Waals surface area contributed by atoms with Gasteiger partial charge < -0.3 is 10.6 Å². The van der Waals surface area contributed by atoms with Crippen LogP contribution >= 0.6 is 0 Å². The highest BCUT2D eigenvalue weighted by atomic mass is 32.2. The first kappa shape index (κ1) is 13.9. The second kappa shape index (κ2) is 4.84. The van der Waals surface area contributed by atoms with Crippen molar-refractivity contribution in [2.45, 2.75) is 32.9 Å². The molecule has 1 aromatic rings. The number of carbonyl (C=O) groups excluding carboxylic acids is 1. The molecule has 0 aromatic carbocycles. The Hall–Kier alpha value is -1.57. The lowest BCUT2D eigenvalue weighted by molar-refractivity contribution is -0.117. The predicted molar refractivity (Wildman–Crippen MR) is 73.0 cm³/mol. The second-order valence-corrected chi connectivity index (χ2v) is 6.99. The fourth-order valence-corrected chi connectivity index (χ4v) is 2.75. The molecule has 2 N–H and O–H groups in total. The lowest BCUT2D eigenvalue weighted by Crippen LogP contribution is -2.40. The number of sulfone groups is 1. The van der Waals surface area contributed by atoms with E-state index in [1.54, 1.807) is 4.68 Å². The van der Waals surface area contributed by atoms with E-state index < -0.39 is 15.9 Å². The van der Waals surface area contributed by atoms with E-state index in [-0.39, 0.29) is 18.1 Å². The van der Waals surface area contributed by atoms with Crippen molar-refractivity contribution in [2.24, 2.45) is 0 Å². The van der Waals surface area contributed by atoms with Crippen molar-refractivity contribution in [3.63, 3.8) is 0 Å². The summed E-state index contributed by atoms with van der Waals surface area (Å²) in [4.78, 5) is 11.9. The van der Waals surface area contributed by atoms with Crippen LogP contribution in [0.5, 0.6) is 0 Å². The summed E-state index contributed by atoms with van der Waals surface area (Å²) in [5.74, 6) is 0.514. The summed E-state index contributed by atoms with van der Waals surface area (Å²) >= 11 is 0. The third kappa shape index (κ3) is 2.89. The molecule has 106 valence electrons. The quantitative estimate of drug-likeness (QED) is 0.834. The Labute approximate surface area is 112 Å². The van der Waals surface area contributed by atoms with Crippen LogP contribution in [-0.2, 0) is 21.2 Å². The van der Waals surface area contributed by atoms with Crippen LogP contribution in [0.1, 0.15) is 19.0 Å². The minimum Gasteiger partial charge on any atom is -0.357 e. The minimum atomic E-state index is -3.08. The number of hydrogen-bond donors (Lipinski definition) is 2. The first-order valence-corrected chi connectivity index (χ1v) is 8.20. The lowest BCUT2D eigenvalue weighted by Gasteiger charge is -2.25. The minimum absolute atomic E-state index is 0.0212. The van der Waals surface area contributed by atoms with Crippen molar-refractivity contribution < 1.29 is 13.2 Å². The predicted octanol–water partition coefficient (Wildman–Crippen LogP) is 0.379. The number of aryl methyl sites for hydroxylation is 2. The van der Waals surface area contributed by atoms with Gasteiger partial charge in [0.15, 0.2) is 0 Å². The molecule has 2 heterocycles. The summed E-state index contributed by atoms with van der Waals surface area (Å²) < 4.78 is 24.1. The molecule has 7 nitrogen and oxygen atoms in total. The first-order valence-electron chi connectivity index (χ1n) is 6.14. The van der Waals surface area contributed by atoms with Crippen molar-refractivity contribution in [3.05, 3.63) is 5.69 Å². The smallest absolute Gasteiger partial charge is 0.247 e. The number of fused-ring (bicyclic) bond motifs is 1. The van der Waals surface area contributed by atoms with Gasteiger partial charge in [-0.25, -0.2) is 13.1 Å². The molecule has 0 fully saturated rings. The zero-order valence-electron chi connectivity index (χ0n) is 11.2. The van der Waals surface area contributed by atoms with E-state index >= 15 is 0 Å². The maximum atomic E-state index is 11.9. The molecule has 1 aliphatic heterocycles. The number of amides is 1. The van der Waals surface area contributed by atoms with Crippen molar-refractivity contribution in [1.82, 2.24) is 9.78 Å². The summed E-state index contributed by atoms with van der Waals surface area (Å²) in [5.41, 5.74) is 1.43. The van der Waals surface area contributed by atoms with Crippen LogP contribution in [0.25, 0.3) is 0 Å². The molecule has 0 bridgehead atoms. The molecule has 2 rings (SSSR count). The Morgan fingerprint density at radius 3 is 2.68 bits per heavy atom. The Balaban J connectivity index is 2.21. The zero-order valence-corrected chi connectivity index (χ0v) is 12.0. The largest absolute Gasteiger partial charge is 0.357 e. The number of nitrogens with zero attached hydrogens (tertiary/aromatic N) is 2. The third-order valence-corrected chi connectivity index (χ3v) is 4.06. The van der Waals surface area contributed by atoms with E-state index in [0.29, 0.717) is 12.2 Å². The summed E-state index contributed by atoms with van der Waals surface area (Å²) in [6.07, 6.45) is 1.41. The van der Waals surface area contributed by atoms with Crippen molar-refractivity contribution in [2.75, 3.05) is 22.6 Å². The van der Waals surface area contributed by atoms with Gasteiger partial charge in [0.2, 0.25) is 5.91 Å². The van der Waals surface area contributed by atoms with Gasteiger partial charge in [0.25, 0.3) is 0 Å². The van der Waals surface area contributed by atoms with E-state index in [9.17, 15) is 13.2 Å². The molecule has 1 atom stereocenters. The highest BCUT2D eigenvalue weighted by Crippen LogP contribution is 2.30. The molecule has 1 aromatic heterocycles. The zero-order chi connectivity index (χ0) is 14.2. The molecule has 0 saturated heterocycles. The van der Waals surface area contributed by atoms with Crippen LogP contribution in [0.2, 0.25) is 0 Å². The molecule has 8 heteroatoms. The van der Waals surface area contributed by atoms with Gasteiger partial charge in [-0.1, -0.05) is 0 Å². The van der Waals surface area contributed by atoms with Crippen LogP contribution in [0.4, 0.5) is 11.5 Å². The van der Waals surface area contributed by atoms with E-state index in [2.05, 4.69) is 15.7 Å². The number of carbonyl (C=O) groups is 1. The summed E-state index contributed by atoms with van der Waals surface area (Å²) in [6, 6.07) is -0.538. The molecule has 0 aliphatic carbocycles. The fraction of sp³-hybridized carbons (Fsp3) is 0.636. The Morgan fingerprint density at radius 1 is 1.42 bits per heavy atom. The van der Waals surface area contributed by atoms with Gasteiger partial charge in [-0.05, 0) is 20.3 Å². The van der Waals surface area contributed by atoms with E-state index in [0.717, 1.165) is 11.5 Å². The van der Waals surface area contributed by atoms with Gasteiger partial charge >= 0.3 is 0 Å². The number of anilines is 2. The van der Waals surface area contributed by atoms with Gasteiger partial charge in [0.05, 0.1) is 11.4 Å². The van der Waals surface area contributed by atoms with Crippen LogP contribution in [0, 0.1) is 6.92 Å². The van der Waals surface area contributed by atoms with Gasteiger partial charge in [-0.3, -0.25) is 4.79 Å². The van der Waals surface area contributed by atoms with Crippen molar-refractivity contribution in [1.29, 1.82) is 0 Å². The maximum Gasteiger partial charge on any atom is 0.247 e. The summed E-state index contributed by atoms with van der Waals surface area (Å²) in [5, 5.41) is 10.2. The van der Waals surface area contributed by atoms with Crippen LogP contribution in [-0.4, -0.2) is 42.2 Å². The number of aromatic nitrogens is 2. The molecule has 1 unspecified atom stereocenters. The number of hydrogen-bond acceptors (Lipinski definition) is 5. The third-order valence-electron chi connectivity index (χ3n) is 3.08. The molecule has 0 saturated carbocycles. The van der Waals surface area contributed by atoms with Gasteiger partial charge in [-0.2, -0.15) is 5.10 Å². The molecular weight excluding hydrogens is 268 g/mol. The highest BCUT2D eigenvalue weighted by Gasteiger charge is 2.30.